The van der Waals surface area contributed by atoms with E-state index in [1.54, 1.807) is 0 Å². The second kappa shape index (κ2) is 5.17. The van der Waals surface area contributed by atoms with Gasteiger partial charge in [-0.3, -0.25) is 0 Å². The van der Waals surface area contributed by atoms with Crippen LogP contribution in [0, 0.1) is 0 Å². The second-order valence-electron chi connectivity index (χ2n) is 2.94. The van der Waals surface area contributed by atoms with Crippen LogP contribution in [0.25, 0.3) is 0 Å². The minimum absolute atomic E-state index is 1.16. The fraction of sp³-hybridized carbons (Fsp3) is 0.636. The fourth-order valence-electron chi connectivity index (χ4n) is 1.30. The molecule has 0 aliphatic rings. The largest absolute Gasteiger partial charge is 0.0844 e. The average molecular weight is 152 g/mol. The van der Waals surface area contributed by atoms with Crippen molar-refractivity contribution in [1.29, 1.82) is 0 Å². The van der Waals surface area contributed by atoms with Gasteiger partial charge >= 0.3 is 0 Å². The molecule has 0 aliphatic heterocycles. The first-order valence-electron chi connectivity index (χ1n) is 4.49. The Morgan fingerprint density at radius 2 is 1.64 bits per heavy atom. The smallest absolute Gasteiger partial charge is 0.0305 e. The van der Waals surface area contributed by atoms with Gasteiger partial charge in [0.25, 0.3) is 0 Å². The van der Waals surface area contributed by atoms with E-state index in [2.05, 4.69) is 40.7 Å². The van der Waals surface area contributed by atoms with Gasteiger partial charge in [0.05, 0.1) is 0 Å². The Morgan fingerprint density at radius 3 is 1.91 bits per heavy atom. The molecule has 0 fully saturated rings. The lowest BCUT2D eigenvalue weighted by Crippen LogP contribution is -1.88. The summed E-state index contributed by atoms with van der Waals surface area (Å²) in [4.78, 5) is 0. The summed E-state index contributed by atoms with van der Waals surface area (Å²) in [5.41, 5.74) is 4.50. The Balaban J connectivity index is 4.65. The molecule has 0 aromatic rings. The molecule has 0 N–H and O–H groups in total. The van der Waals surface area contributed by atoms with Crippen molar-refractivity contribution in [1.82, 2.24) is 0 Å². The highest BCUT2D eigenvalue weighted by Crippen LogP contribution is 2.19. The maximum Gasteiger partial charge on any atom is -0.0305 e. The molecule has 11 heavy (non-hydrogen) atoms. The third-order valence-corrected chi connectivity index (χ3v) is 2.31. The van der Waals surface area contributed by atoms with E-state index in [0.717, 1.165) is 6.42 Å². The van der Waals surface area contributed by atoms with Gasteiger partial charge in [0.1, 0.15) is 0 Å². The normalized spacial score (nSPS) is 14.8. The maximum atomic E-state index is 2.23. The third kappa shape index (κ3) is 2.92. The van der Waals surface area contributed by atoms with Crippen molar-refractivity contribution in [3.63, 3.8) is 0 Å². The molecule has 0 unspecified atom stereocenters. The number of allylic oxidation sites excluding steroid dienone is 4. The van der Waals surface area contributed by atoms with Crippen molar-refractivity contribution in [2.45, 2.75) is 47.5 Å². The molecule has 0 aromatic carbocycles. The van der Waals surface area contributed by atoms with E-state index in [1.165, 1.54) is 23.1 Å². The Kier molecular flexibility index (Phi) is 4.93. The van der Waals surface area contributed by atoms with E-state index in [4.69, 9.17) is 0 Å². The van der Waals surface area contributed by atoms with Crippen LogP contribution in [-0.4, -0.2) is 0 Å². The SMILES string of the molecule is CC=C(C)C(CC)=C(C)CC. The van der Waals surface area contributed by atoms with Gasteiger partial charge in [-0.1, -0.05) is 31.1 Å². The lowest BCUT2D eigenvalue weighted by molar-refractivity contribution is 0.990. The van der Waals surface area contributed by atoms with Gasteiger partial charge < -0.3 is 0 Å². The molecule has 0 spiro atoms. The van der Waals surface area contributed by atoms with Gasteiger partial charge in [-0.15, -0.1) is 0 Å². The summed E-state index contributed by atoms with van der Waals surface area (Å²) >= 11 is 0. The van der Waals surface area contributed by atoms with Crippen molar-refractivity contribution in [2.75, 3.05) is 0 Å². The van der Waals surface area contributed by atoms with E-state index in [1.807, 2.05) is 0 Å². The van der Waals surface area contributed by atoms with Gasteiger partial charge in [0, 0.05) is 0 Å². The zero-order chi connectivity index (χ0) is 8.85. The molecule has 0 heteroatoms. The van der Waals surface area contributed by atoms with E-state index < -0.39 is 0 Å². The fourth-order valence-corrected chi connectivity index (χ4v) is 1.30. The van der Waals surface area contributed by atoms with Crippen molar-refractivity contribution in [3.05, 3.63) is 22.8 Å². The monoisotopic (exact) mass is 152 g/mol. The van der Waals surface area contributed by atoms with Crippen LogP contribution in [0.1, 0.15) is 47.5 Å². The minimum atomic E-state index is 1.16. The summed E-state index contributed by atoms with van der Waals surface area (Å²) in [5.74, 6) is 0. The molecular weight excluding hydrogens is 132 g/mol. The quantitative estimate of drug-likeness (QED) is 0.534. The van der Waals surface area contributed by atoms with Crippen LogP contribution in [-0.2, 0) is 0 Å². The van der Waals surface area contributed by atoms with E-state index in [0.29, 0.717) is 0 Å². The molecule has 0 amide bonds. The van der Waals surface area contributed by atoms with Crippen LogP contribution < -0.4 is 0 Å². The Bertz CT molecular complexity index is 170. The molecule has 64 valence electrons. The van der Waals surface area contributed by atoms with Crippen molar-refractivity contribution in [3.8, 4) is 0 Å². The van der Waals surface area contributed by atoms with Gasteiger partial charge in [-0.25, -0.2) is 0 Å². The lowest BCUT2D eigenvalue weighted by Gasteiger charge is -2.08. The molecular formula is C11H20. The van der Waals surface area contributed by atoms with Crippen LogP contribution in [0.3, 0.4) is 0 Å². The maximum absolute atomic E-state index is 2.23. The molecule has 0 heterocycles. The molecule has 0 nitrogen and oxygen atoms in total. The van der Waals surface area contributed by atoms with Crippen LogP contribution in [0.15, 0.2) is 22.8 Å². The predicted molar refractivity (Wildman–Crippen MR) is 52.7 cm³/mol. The van der Waals surface area contributed by atoms with Crippen LogP contribution in [0.2, 0.25) is 0 Å². The third-order valence-electron chi connectivity index (χ3n) is 2.31. The first kappa shape index (κ1) is 10.5. The first-order valence-corrected chi connectivity index (χ1v) is 4.49. The van der Waals surface area contributed by atoms with Crippen molar-refractivity contribution in [2.24, 2.45) is 0 Å². The molecule has 0 rings (SSSR count). The highest BCUT2D eigenvalue weighted by molar-refractivity contribution is 5.32. The van der Waals surface area contributed by atoms with E-state index >= 15 is 0 Å². The average Bonchev–Trinajstić information content (AvgIpc) is 2.05. The highest BCUT2D eigenvalue weighted by atomic mass is 14.0. The highest BCUT2D eigenvalue weighted by Gasteiger charge is 1.99. The van der Waals surface area contributed by atoms with Crippen LogP contribution >= 0.6 is 0 Å². The van der Waals surface area contributed by atoms with E-state index in [9.17, 15) is 0 Å². The minimum Gasteiger partial charge on any atom is -0.0844 e. The van der Waals surface area contributed by atoms with Crippen LogP contribution in [0.4, 0.5) is 0 Å². The van der Waals surface area contributed by atoms with Crippen LogP contribution in [0.5, 0.6) is 0 Å². The summed E-state index contributed by atoms with van der Waals surface area (Å²) in [6.45, 7) is 11.0. The number of hydrogen-bond donors (Lipinski definition) is 0. The molecule has 0 aliphatic carbocycles. The Hall–Kier alpha value is -0.520. The summed E-state index contributed by atoms with van der Waals surface area (Å²) in [5, 5.41) is 0. The van der Waals surface area contributed by atoms with Gasteiger partial charge in [-0.2, -0.15) is 0 Å². The number of hydrogen-bond acceptors (Lipinski definition) is 0. The van der Waals surface area contributed by atoms with E-state index in [-0.39, 0.29) is 0 Å². The predicted octanol–water partition coefficient (Wildman–Crippen LogP) is 4.09. The Labute approximate surface area is 71.0 Å². The molecule has 0 radical (unpaired) electrons. The molecule has 0 bridgehead atoms. The zero-order valence-corrected chi connectivity index (χ0v) is 8.49. The lowest BCUT2D eigenvalue weighted by atomic mass is 9.98. The number of rotatable bonds is 3. The van der Waals surface area contributed by atoms with Crippen molar-refractivity contribution >= 4 is 0 Å². The van der Waals surface area contributed by atoms with Gasteiger partial charge in [-0.05, 0) is 39.2 Å². The van der Waals surface area contributed by atoms with Gasteiger partial charge in [0.2, 0.25) is 0 Å². The van der Waals surface area contributed by atoms with Crippen molar-refractivity contribution < 1.29 is 0 Å². The van der Waals surface area contributed by atoms with Gasteiger partial charge in [0.15, 0.2) is 0 Å². The molecule has 0 aromatic heterocycles. The Morgan fingerprint density at radius 1 is 1.09 bits per heavy atom. The first-order chi connectivity index (χ1) is 5.17. The standard InChI is InChI=1S/C11H20/c1-6-9(4)11(8-3)10(5)7-2/h6H,7-8H2,1-5H3. The molecule has 0 atom stereocenters. The zero-order valence-electron chi connectivity index (χ0n) is 8.49. The summed E-state index contributed by atoms with van der Waals surface area (Å²) in [7, 11) is 0. The topological polar surface area (TPSA) is 0 Å². The molecule has 0 saturated heterocycles. The second-order valence-corrected chi connectivity index (χ2v) is 2.94. The summed E-state index contributed by atoms with van der Waals surface area (Å²) in [6, 6.07) is 0. The molecule has 0 saturated carbocycles. The summed E-state index contributed by atoms with van der Waals surface area (Å²) in [6.07, 6.45) is 4.53. The summed E-state index contributed by atoms with van der Waals surface area (Å²) < 4.78 is 0.